The van der Waals surface area contributed by atoms with E-state index in [9.17, 15) is 17.3 Å². The van der Waals surface area contributed by atoms with Crippen LogP contribution in [0, 0.1) is 0 Å². The van der Waals surface area contributed by atoms with Crippen molar-refractivity contribution in [1.82, 2.24) is 0 Å². The molecule has 7 heteroatoms. The van der Waals surface area contributed by atoms with Gasteiger partial charge in [-0.25, -0.2) is 0 Å². The van der Waals surface area contributed by atoms with Gasteiger partial charge in [-0.3, -0.25) is 0 Å². The number of para-hydroxylation sites is 1. The molecule has 5 rings (SSSR count). The van der Waals surface area contributed by atoms with Crippen LogP contribution in [-0.4, -0.2) is 24.6 Å². The van der Waals surface area contributed by atoms with Crippen LogP contribution in [0.5, 0.6) is 0 Å². The zero-order valence-electron chi connectivity index (χ0n) is 21.4. The molecular formula is C31H28BF4NO. The number of hydrogen-bond donors (Lipinski definition) is 0. The van der Waals surface area contributed by atoms with Gasteiger partial charge in [-0.1, -0.05) is 84.9 Å². The summed E-state index contributed by atoms with van der Waals surface area (Å²) in [5.74, 6) is 1.68. The van der Waals surface area contributed by atoms with E-state index in [-0.39, 0.29) is 5.41 Å². The fourth-order valence-corrected chi connectivity index (χ4v) is 4.68. The first-order valence-corrected chi connectivity index (χ1v) is 12.2. The lowest BCUT2D eigenvalue weighted by molar-refractivity contribution is -0.401. The maximum Gasteiger partial charge on any atom is 0.673 e. The van der Waals surface area contributed by atoms with Gasteiger partial charge in [0.25, 0.3) is 0 Å². The Morgan fingerprint density at radius 1 is 0.763 bits per heavy atom. The smallest absolute Gasteiger partial charge is 0.457 e. The second-order valence-corrected chi connectivity index (χ2v) is 9.45. The predicted octanol–water partition coefficient (Wildman–Crippen LogP) is 8.59. The molecule has 3 aromatic rings. The van der Waals surface area contributed by atoms with E-state index in [0.29, 0.717) is 0 Å². The molecule has 0 spiro atoms. The van der Waals surface area contributed by atoms with Crippen molar-refractivity contribution < 1.29 is 26.6 Å². The van der Waals surface area contributed by atoms with Crippen molar-refractivity contribution >= 4 is 30.0 Å². The van der Waals surface area contributed by atoms with Crippen molar-refractivity contribution in [3.05, 3.63) is 138 Å². The van der Waals surface area contributed by atoms with Crippen LogP contribution in [0.15, 0.2) is 121 Å². The van der Waals surface area contributed by atoms with Crippen LogP contribution in [0.4, 0.5) is 23.0 Å². The van der Waals surface area contributed by atoms with Gasteiger partial charge in [0.2, 0.25) is 5.69 Å². The predicted molar refractivity (Wildman–Crippen MR) is 148 cm³/mol. The minimum Gasteiger partial charge on any atom is -0.457 e. The number of rotatable bonds is 4. The van der Waals surface area contributed by atoms with Crippen molar-refractivity contribution in [2.75, 3.05) is 7.05 Å². The summed E-state index contributed by atoms with van der Waals surface area (Å²) in [7, 11) is -3.86. The van der Waals surface area contributed by atoms with Gasteiger partial charge in [-0.15, -0.1) is 0 Å². The van der Waals surface area contributed by atoms with Crippen LogP contribution in [0.1, 0.15) is 30.5 Å². The van der Waals surface area contributed by atoms with E-state index in [1.165, 1.54) is 22.5 Å². The quantitative estimate of drug-likeness (QED) is 0.192. The second-order valence-electron chi connectivity index (χ2n) is 9.45. The Morgan fingerprint density at radius 2 is 1.32 bits per heavy atom. The number of allylic oxidation sites excluding steroid dienone is 6. The summed E-state index contributed by atoms with van der Waals surface area (Å²) in [5, 5.41) is 0. The van der Waals surface area contributed by atoms with Gasteiger partial charge >= 0.3 is 7.25 Å². The fraction of sp³-hybridized carbons (Fsp3) is 0.129. The summed E-state index contributed by atoms with van der Waals surface area (Å²) in [5.41, 5.74) is 7.22. The third-order valence-electron chi connectivity index (χ3n) is 6.43. The van der Waals surface area contributed by atoms with Crippen molar-refractivity contribution in [3.63, 3.8) is 0 Å². The molecule has 0 fully saturated rings. The molecule has 2 heterocycles. The number of hydrogen-bond acceptors (Lipinski definition) is 1. The molecule has 2 aliphatic rings. The van der Waals surface area contributed by atoms with Gasteiger partial charge in [-0.05, 0) is 43.2 Å². The average Bonchev–Trinajstić information content (AvgIpc) is 3.09. The highest BCUT2D eigenvalue weighted by molar-refractivity contribution is 6.50. The van der Waals surface area contributed by atoms with Crippen LogP contribution in [-0.2, 0) is 10.2 Å². The van der Waals surface area contributed by atoms with Crippen molar-refractivity contribution in [3.8, 4) is 0 Å². The number of benzene rings is 3. The van der Waals surface area contributed by atoms with Crippen LogP contribution < -0.4 is 0 Å². The lowest BCUT2D eigenvalue weighted by Crippen LogP contribution is -2.26. The number of nitrogens with zero attached hydrogens (tertiary/aromatic N) is 1. The fourth-order valence-electron chi connectivity index (χ4n) is 4.68. The Kier molecular flexibility index (Phi) is 7.86. The van der Waals surface area contributed by atoms with Crippen LogP contribution in [0.3, 0.4) is 0 Å². The molecule has 194 valence electrons. The highest BCUT2D eigenvalue weighted by Crippen LogP contribution is 2.39. The zero-order valence-corrected chi connectivity index (χ0v) is 21.4. The summed E-state index contributed by atoms with van der Waals surface area (Å²) in [6, 6.07) is 29.3. The van der Waals surface area contributed by atoms with Crippen LogP contribution in [0.2, 0.25) is 0 Å². The SMILES string of the molecule is C[N+]1=C(/C=C/C=C2\C=C(c3ccccc3)C=C(c3ccccc3)O2)C(C)(C)c2ccccc21.F[B-](F)(F)F. The summed E-state index contributed by atoms with van der Waals surface area (Å²) < 4.78 is 47.6. The number of halogens is 4. The van der Waals surface area contributed by atoms with Gasteiger partial charge in [-0.2, -0.15) is 4.58 Å². The Hall–Kier alpha value is -4.13. The second kappa shape index (κ2) is 11.1. The van der Waals surface area contributed by atoms with E-state index in [4.69, 9.17) is 4.74 Å². The Bertz CT molecular complexity index is 1440. The molecule has 0 N–H and O–H groups in total. The van der Waals surface area contributed by atoms with E-state index in [2.05, 4.69) is 117 Å². The average molecular weight is 517 g/mol. The standard InChI is InChI=1S/C31H28NO.BF4/c1-31(2)27-18-10-11-19-28(27)32(3)30(31)20-12-17-26-21-25(23-13-6-4-7-14-23)22-29(33-26)24-15-8-5-9-16-24;2-1(3,4)5/h4-22H,1-3H3;/q+1;-1/b20-12+,26-17+;. The van der Waals surface area contributed by atoms with E-state index in [1.54, 1.807) is 0 Å². The molecule has 0 saturated heterocycles. The third kappa shape index (κ3) is 6.41. The topological polar surface area (TPSA) is 12.2 Å². The van der Waals surface area contributed by atoms with E-state index < -0.39 is 7.25 Å². The summed E-state index contributed by atoms with van der Waals surface area (Å²) >= 11 is 0. The van der Waals surface area contributed by atoms with Gasteiger partial charge in [0, 0.05) is 23.3 Å². The van der Waals surface area contributed by atoms with E-state index in [1.807, 2.05) is 24.3 Å². The van der Waals surface area contributed by atoms with Crippen LogP contribution >= 0.6 is 0 Å². The van der Waals surface area contributed by atoms with Gasteiger partial charge in [0.05, 0.1) is 5.41 Å². The monoisotopic (exact) mass is 517 g/mol. The maximum atomic E-state index is 9.75. The van der Waals surface area contributed by atoms with E-state index >= 15 is 0 Å². The highest BCUT2D eigenvalue weighted by atomic mass is 19.5. The molecule has 0 unspecified atom stereocenters. The molecule has 0 aromatic heterocycles. The highest BCUT2D eigenvalue weighted by Gasteiger charge is 2.42. The molecule has 2 nitrogen and oxygen atoms in total. The summed E-state index contributed by atoms with van der Waals surface area (Å²) in [4.78, 5) is 0. The van der Waals surface area contributed by atoms with E-state index in [0.717, 1.165) is 22.7 Å². The number of fused-ring (bicyclic) bond motifs is 1. The lowest BCUT2D eigenvalue weighted by atomic mass is 9.81. The molecular weight excluding hydrogens is 489 g/mol. The van der Waals surface area contributed by atoms with Crippen LogP contribution in [0.25, 0.3) is 11.3 Å². The molecule has 0 radical (unpaired) electrons. The minimum atomic E-state index is -6.00. The van der Waals surface area contributed by atoms with Gasteiger partial charge in [0.15, 0.2) is 5.71 Å². The van der Waals surface area contributed by atoms with Crippen molar-refractivity contribution in [2.24, 2.45) is 0 Å². The zero-order chi connectivity index (χ0) is 27.3. The minimum absolute atomic E-state index is 0.0477. The molecule has 0 amide bonds. The van der Waals surface area contributed by atoms with Crippen molar-refractivity contribution in [2.45, 2.75) is 19.3 Å². The first-order chi connectivity index (χ1) is 18.0. The molecule has 0 saturated carbocycles. The maximum absolute atomic E-state index is 9.75. The largest absolute Gasteiger partial charge is 0.673 e. The summed E-state index contributed by atoms with van der Waals surface area (Å²) in [6.45, 7) is 4.56. The molecule has 2 aliphatic heterocycles. The molecule has 0 aliphatic carbocycles. The Morgan fingerprint density at radius 3 is 1.92 bits per heavy atom. The van der Waals surface area contributed by atoms with Gasteiger partial charge < -0.3 is 22.0 Å². The Balaban J connectivity index is 0.000000617. The molecule has 3 aromatic carbocycles. The molecule has 0 atom stereocenters. The Labute approximate surface area is 220 Å². The number of ether oxygens (including phenoxy) is 1. The molecule has 0 bridgehead atoms. The van der Waals surface area contributed by atoms with Gasteiger partial charge in [0.1, 0.15) is 18.6 Å². The molecule has 38 heavy (non-hydrogen) atoms. The normalized spacial score (nSPS) is 17.4. The third-order valence-corrected chi connectivity index (χ3v) is 6.43. The van der Waals surface area contributed by atoms with Crippen molar-refractivity contribution in [1.29, 1.82) is 0 Å². The lowest BCUT2D eigenvalue weighted by Gasteiger charge is -2.18. The first-order valence-electron chi connectivity index (χ1n) is 12.2. The summed E-state index contributed by atoms with van der Waals surface area (Å²) in [6.07, 6.45) is 10.6. The first kappa shape index (κ1) is 26.9.